The second-order valence-electron chi connectivity index (χ2n) is 8.90. The Balaban J connectivity index is 1.65. The summed E-state index contributed by atoms with van der Waals surface area (Å²) in [5.41, 5.74) is 1.33. The molecule has 4 aromatic rings. The van der Waals surface area contributed by atoms with Gasteiger partial charge in [-0.2, -0.15) is 0 Å². The number of nitrogens with zero attached hydrogens (tertiary/aromatic N) is 2. The Morgan fingerprint density at radius 1 is 1.07 bits per heavy atom. The van der Waals surface area contributed by atoms with Crippen molar-refractivity contribution in [1.29, 1.82) is 0 Å². The van der Waals surface area contributed by atoms with Gasteiger partial charge in [0, 0.05) is 23.6 Å². The minimum atomic E-state index is -0.890. The molecule has 1 atom stereocenters. The Morgan fingerprint density at radius 3 is 2.56 bits per heavy atom. The van der Waals surface area contributed by atoms with Crippen LogP contribution in [0.25, 0.3) is 17.4 Å². The van der Waals surface area contributed by atoms with Crippen LogP contribution in [-0.4, -0.2) is 30.7 Å². The topological polar surface area (TPSA) is 109 Å². The SMILES string of the molecule is COC(=O)C1=C(C)N=c2s/c(=C/c3ccc(-c4cc(Cl)ccc4Cl)o3)c(=O)n2[C@H]1c1ccc(OC(C)=O)c(OC)c1. The molecule has 0 spiro atoms. The average molecular weight is 613 g/mol. The smallest absolute Gasteiger partial charge is 0.338 e. The van der Waals surface area contributed by atoms with Crippen molar-refractivity contribution in [2.45, 2.75) is 19.9 Å². The second-order valence-corrected chi connectivity index (χ2v) is 10.8. The fourth-order valence-electron chi connectivity index (χ4n) is 4.49. The summed E-state index contributed by atoms with van der Waals surface area (Å²) in [6, 6.07) is 12.4. The van der Waals surface area contributed by atoms with Crippen LogP contribution in [0.1, 0.15) is 31.2 Å². The molecule has 0 fully saturated rings. The number of halogens is 2. The lowest BCUT2D eigenvalue weighted by molar-refractivity contribution is -0.136. The van der Waals surface area contributed by atoms with E-state index in [-0.39, 0.29) is 17.1 Å². The number of ether oxygens (including phenoxy) is 3. The molecular weight excluding hydrogens is 591 g/mol. The van der Waals surface area contributed by atoms with Crippen LogP contribution in [0.3, 0.4) is 0 Å². The van der Waals surface area contributed by atoms with Gasteiger partial charge < -0.3 is 18.6 Å². The van der Waals surface area contributed by atoms with Crippen molar-refractivity contribution >= 4 is 52.6 Å². The van der Waals surface area contributed by atoms with Crippen molar-refractivity contribution < 1.29 is 28.2 Å². The van der Waals surface area contributed by atoms with E-state index in [4.69, 9.17) is 41.8 Å². The van der Waals surface area contributed by atoms with Gasteiger partial charge in [-0.15, -0.1) is 0 Å². The summed E-state index contributed by atoms with van der Waals surface area (Å²) in [7, 11) is 2.68. The van der Waals surface area contributed by atoms with E-state index in [1.54, 1.807) is 61.5 Å². The van der Waals surface area contributed by atoms with E-state index in [9.17, 15) is 14.4 Å². The quantitative estimate of drug-likeness (QED) is 0.225. The first kappa shape index (κ1) is 28.4. The van der Waals surface area contributed by atoms with Gasteiger partial charge in [-0.05, 0) is 55.0 Å². The maximum atomic E-state index is 13.8. The molecule has 5 rings (SSSR count). The molecule has 0 saturated carbocycles. The number of hydrogen-bond acceptors (Lipinski definition) is 9. The van der Waals surface area contributed by atoms with Crippen molar-refractivity contribution in [2.75, 3.05) is 14.2 Å². The Hall–Kier alpha value is -4.12. The van der Waals surface area contributed by atoms with E-state index in [0.29, 0.717) is 47.7 Å². The first-order valence-corrected chi connectivity index (χ1v) is 13.7. The van der Waals surface area contributed by atoms with Crippen LogP contribution in [0.5, 0.6) is 11.5 Å². The Morgan fingerprint density at radius 2 is 1.85 bits per heavy atom. The number of carbonyl (C=O) groups is 2. The minimum Gasteiger partial charge on any atom is -0.493 e. The molecule has 0 unspecified atom stereocenters. The van der Waals surface area contributed by atoms with E-state index >= 15 is 0 Å². The molecule has 1 aliphatic heterocycles. The van der Waals surface area contributed by atoms with Crippen molar-refractivity contribution in [3.05, 3.63) is 101 Å². The molecule has 0 amide bonds. The molecule has 2 aromatic carbocycles. The molecule has 41 heavy (non-hydrogen) atoms. The highest BCUT2D eigenvalue weighted by Gasteiger charge is 2.33. The normalized spacial score (nSPS) is 14.9. The van der Waals surface area contributed by atoms with E-state index < -0.39 is 23.5 Å². The highest BCUT2D eigenvalue weighted by Crippen LogP contribution is 2.36. The number of aromatic nitrogens is 1. The first-order valence-electron chi connectivity index (χ1n) is 12.1. The molecule has 0 aliphatic carbocycles. The summed E-state index contributed by atoms with van der Waals surface area (Å²) in [5.74, 6) is 0.190. The zero-order chi connectivity index (χ0) is 29.4. The number of allylic oxidation sites excluding steroid dienone is 1. The van der Waals surface area contributed by atoms with Gasteiger partial charge in [0.1, 0.15) is 11.5 Å². The third-order valence-electron chi connectivity index (χ3n) is 6.28. The number of furan rings is 1. The van der Waals surface area contributed by atoms with E-state index in [2.05, 4.69) is 4.99 Å². The van der Waals surface area contributed by atoms with Gasteiger partial charge in [-0.1, -0.05) is 40.6 Å². The fourth-order valence-corrected chi connectivity index (χ4v) is 5.90. The van der Waals surface area contributed by atoms with Crippen LogP contribution < -0.4 is 24.4 Å². The Bertz CT molecular complexity index is 1920. The zero-order valence-corrected chi connectivity index (χ0v) is 24.5. The molecule has 2 aromatic heterocycles. The van der Waals surface area contributed by atoms with E-state index in [0.717, 1.165) is 11.3 Å². The van der Waals surface area contributed by atoms with Crippen LogP contribution in [-0.2, 0) is 14.3 Å². The lowest BCUT2D eigenvalue weighted by Crippen LogP contribution is -2.39. The van der Waals surface area contributed by atoms with Crippen LogP contribution in [0.2, 0.25) is 10.0 Å². The predicted octanol–water partition coefficient (Wildman–Crippen LogP) is 4.91. The first-order chi connectivity index (χ1) is 19.6. The van der Waals surface area contributed by atoms with Crippen molar-refractivity contribution in [2.24, 2.45) is 4.99 Å². The lowest BCUT2D eigenvalue weighted by atomic mass is 9.95. The number of fused-ring (bicyclic) bond motifs is 1. The van der Waals surface area contributed by atoms with Crippen LogP contribution >= 0.6 is 34.5 Å². The highest BCUT2D eigenvalue weighted by molar-refractivity contribution is 7.07. The van der Waals surface area contributed by atoms with Crippen LogP contribution in [0.4, 0.5) is 0 Å². The summed E-state index contributed by atoms with van der Waals surface area (Å²) in [6.45, 7) is 2.95. The molecular formula is C29H22Cl2N2O7S. The maximum Gasteiger partial charge on any atom is 0.338 e. The molecule has 3 heterocycles. The number of carbonyl (C=O) groups excluding carboxylic acids is 2. The van der Waals surface area contributed by atoms with Gasteiger partial charge in [-0.3, -0.25) is 14.2 Å². The van der Waals surface area contributed by atoms with Gasteiger partial charge >= 0.3 is 11.9 Å². The Kier molecular flexibility index (Phi) is 7.90. The van der Waals surface area contributed by atoms with Crippen molar-refractivity contribution in [3.63, 3.8) is 0 Å². The number of benzene rings is 2. The zero-order valence-electron chi connectivity index (χ0n) is 22.2. The number of hydrogen-bond donors (Lipinski definition) is 0. The summed E-state index contributed by atoms with van der Waals surface area (Å²) in [6.07, 6.45) is 1.60. The Labute approximate surface area is 247 Å². The summed E-state index contributed by atoms with van der Waals surface area (Å²) in [5, 5.41) is 0.973. The molecule has 9 nitrogen and oxygen atoms in total. The lowest BCUT2D eigenvalue weighted by Gasteiger charge is -2.25. The molecule has 0 saturated heterocycles. The molecule has 210 valence electrons. The number of methoxy groups -OCH3 is 2. The monoisotopic (exact) mass is 612 g/mol. The average Bonchev–Trinajstić information content (AvgIpc) is 3.53. The fraction of sp³-hybridized carbons (Fsp3) is 0.172. The summed E-state index contributed by atoms with van der Waals surface area (Å²) >= 11 is 13.6. The van der Waals surface area contributed by atoms with Gasteiger partial charge in [0.15, 0.2) is 16.3 Å². The summed E-state index contributed by atoms with van der Waals surface area (Å²) in [4.78, 5) is 43.2. The van der Waals surface area contributed by atoms with Crippen molar-refractivity contribution in [3.8, 4) is 22.8 Å². The van der Waals surface area contributed by atoms with E-state index in [1.807, 2.05) is 0 Å². The van der Waals surface area contributed by atoms with Gasteiger partial charge in [-0.25, -0.2) is 9.79 Å². The third-order valence-corrected chi connectivity index (χ3v) is 7.83. The minimum absolute atomic E-state index is 0.185. The number of thiazole rings is 1. The highest BCUT2D eigenvalue weighted by atomic mass is 35.5. The van der Waals surface area contributed by atoms with Gasteiger partial charge in [0.2, 0.25) is 0 Å². The molecule has 0 bridgehead atoms. The van der Waals surface area contributed by atoms with Crippen LogP contribution in [0, 0.1) is 0 Å². The maximum absolute atomic E-state index is 13.8. The largest absolute Gasteiger partial charge is 0.493 e. The second kappa shape index (κ2) is 11.4. The predicted molar refractivity (Wildman–Crippen MR) is 154 cm³/mol. The van der Waals surface area contributed by atoms with Gasteiger partial charge in [0.05, 0.1) is 41.1 Å². The van der Waals surface area contributed by atoms with Crippen molar-refractivity contribution in [1.82, 2.24) is 4.57 Å². The number of esters is 2. The standard InChI is InChI=1S/C29H22Cl2N2O7S/c1-14-25(28(36)38-4)26(16-5-9-22(39-15(2)34)23(11-16)37-3)33-27(35)24(41-29(33)32-14)13-18-7-10-21(40-18)19-12-17(30)6-8-20(19)31/h5-13,26H,1-4H3/b24-13+/t26-/m0/s1. The summed E-state index contributed by atoms with van der Waals surface area (Å²) < 4.78 is 23.4. The van der Waals surface area contributed by atoms with E-state index in [1.165, 1.54) is 25.7 Å². The molecule has 12 heteroatoms. The third kappa shape index (κ3) is 5.46. The van der Waals surface area contributed by atoms with Crippen LogP contribution in [0.15, 0.2) is 74.0 Å². The molecule has 1 aliphatic rings. The molecule has 0 radical (unpaired) electrons. The number of rotatable bonds is 6. The van der Waals surface area contributed by atoms with Gasteiger partial charge in [0.25, 0.3) is 5.56 Å². The molecule has 0 N–H and O–H groups in total.